The molecule has 0 aliphatic carbocycles. The summed E-state index contributed by atoms with van der Waals surface area (Å²) in [6, 6.07) is 16.0. The van der Waals surface area contributed by atoms with Gasteiger partial charge >= 0.3 is 0 Å². The molecule has 0 radical (unpaired) electrons. The number of ether oxygens (including phenoxy) is 2. The van der Waals surface area contributed by atoms with Crippen LogP contribution >= 0.6 is 62.5 Å². The quantitative estimate of drug-likeness (QED) is 0.234. The molecule has 1 aliphatic rings. The van der Waals surface area contributed by atoms with Gasteiger partial charge in [-0.05, 0) is 76.6 Å². The van der Waals surface area contributed by atoms with Gasteiger partial charge in [-0.1, -0.05) is 59.1 Å². The minimum atomic E-state index is -0.422. The molecular formula is C26H19BrCl3NO4S. The summed E-state index contributed by atoms with van der Waals surface area (Å²) in [6.07, 6.45) is 1.64. The predicted octanol–water partition coefficient (Wildman–Crippen LogP) is 8.62. The van der Waals surface area contributed by atoms with Gasteiger partial charge in [0.1, 0.15) is 6.61 Å². The molecule has 5 nitrogen and oxygen atoms in total. The number of carbonyl (C=O) groups excluding carboxylic acids is 2. The number of rotatable bonds is 8. The lowest BCUT2D eigenvalue weighted by Gasteiger charge is -2.15. The number of halogens is 4. The summed E-state index contributed by atoms with van der Waals surface area (Å²) < 4.78 is 12.5. The highest BCUT2D eigenvalue weighted by Crippen LogP contribution is 2.40. The number of imide groups is 1. The van der Waals surface area contributed by atoms with E-state index in [2.05, 4.69) is 15.9 Å². The van der Waals surface area contributed by atoms with Crippen LogP contribution in [-0.2, 0) is 17.9 Å². The Balaban J connectivity index is 1.58. The van der Waals surface area contributed by atoms with Gasteiger partial charge in [0.25, 0.3) is 11.1 Å². The maximum absolute atomic E-state index is 13.1. The molecule has 3 aromatic rings. The summed E-state index contributed by atoms with van der Waals surface area (Å²) in [6.45, 7) is 2.52. The molecule has 0 atom stereocenters. The van der Waals surface area contributed by atoms with Crippen LogP contribution in [0.5, 0.6) is 11.5 Å². The number of carbonyl (C=O) groups is 2. The van der Waals surface area contributed by atoms with Gasteiger partial charge in [0, 0.05) is 26.2 Å². The maximum atomic E-state index is 13.1. The highest BCUT2D eigenvalue weighted by Gasteiger charge is 2.35. The van der Waals surface area contributed by atoms with Crippen LogP contribution in [0.15, 0.2) is 64.0 Å². The van der Waals surface area contributed by atoms with Gasteiger partial charge in [-0.3, -0.25) is 14.5 Å². The molecule has 3 aromatic carbocycles. The molecule has 1 aliphatic heterocycles. The number of thioether (sulfide) groups is 1. The molecule has 0 unspecified atom stereocenters. The van der Waals surface area contributed by atoms with Crippen molar-refractivity contribution in [3.05, 3.63) is 95.7 Å². The van der Waals surface area contributed by atoms with Crippen molar-refractivity contribution >= 4 is 79.7 Å². The molecule has 4 rings (SSSR count). The van der Waals surface area contributed by atoms with Gasteiger partial charge < -0.3 is 9.47 Å². The summed E-state index contributed by atoms with van der Waals surface area (Å²) >= 11 is 23.1. The van der Waals surface area contributed by atoms with Crippen LogP contribution < -0.4 is 9.47 Å². The van der Waals surface area contributed by atoms with E-state index in [4.69, 9.17) is 44.3 Å². The first-order chi connectivity index (χ1) is 17.3. The SMILES string of the molecule is CCOc1cc(/C=C2\SC(=O)N(Cc3c(Cl)cccc3Cl)C2=O)cc(Br)c1OCc1ccccc1Cl. The molecule has 0 spiro atoms. The zero-order chi connectivity index (χ0) is 25.8. The third-order valence-corrected chi connectivity index (χ3v) is 7.78. The first kappa shape index (κ1) is 26.9. The minimum absolute atomic E-state index is 0.0107. The van der Waals surface area contributed by atoms with E-state index in [1.807, 2.05) is 25.1 Å². The Bertz CT molecular complexity index is 1340. The van der Waals surface area contributed by atoms with Crippen LogP contribution in [0, 0.1) is 0 Å². The molecule has 0 saturated carbocycles. The average Bonchev–Trinajstić information content (AvgIpc) is 3.09. The van der Waals surface area contributed by atoms with Gasteiger partial charge in [-0.15, -0.1) is 0 Å². The van der Waals surface area contributed by atoms with Crippen molar-refractivity contribution in [2.75, 3.05) is 6.61 Å². The first-order valence-electron chi connectivity index (χ1n) is 10.8. The molecule has 186 valence electrons. The summed E-state index contributed by atoms with van der Waals surface area (Å²) in [5.41, 5.74) is 2.02. The summed E-state index contributed by atoms with van der Waals surface area (Å²) in [7, 11) is 0. The smallest absolute Gasteiger partial charge is 0.293 e. The van der Waals surface area contributed by atoms with E-state index in [0.29, 0.717) is 48.8 Å². The molecule has 2 amide bonds. The number of hydrogen-bond acceptors (Lipinski definition) is 5. The Kier molecular flexibility index (Phi) is 8.91. The molecule has 10 heteroatoms. The van der Waals surface area contributed by atoms with Crippen molar-refractivity contribution in [1.29, 1.82) is 0 Å². The second kappa shape index (κ2) is 11.9. The van der Waals surface area contributed by atoms with Crippen molar-refractivity contribution in [2.24, 2.45) is 0 Å². The standard InChI is InChI=1S/C26H19BrCl3NO4S/c1-2-34-22-11-15(10-18(27)24(22)35-14-16-6-3-4-7-19(16)28)12-23-25(32)31(26(33)36-23)13-17-20(29)8-5-9-21(17)30/h3-12H,2,13-14H2,1H3/b23-12-. The van der Waals surface area contributed by atoms with Crippen molar-refractivity contribution in [2.45, 2.75) is 20.1 Å². The zero-order valence-electron chi connectivity index (χ0n) is 18.9. The fraction of sp³-hybridized carbons (Fsp3) is 0.154. The number of hydrogen-bond donors (Lipinski definition) is 0. The van der Waals surface area contributed by atoms with Crippen LogP contribution in [0.2, 0.25) is 15.1 Å². The zero-order valence-corrected chi connectivity index (χ0v) is 23.6. The Labute approximate surface area is 236 Å². The Morgan fingerprint density at radius 1 is 0.972 bits per heavy atom. The maximum Gasteiger partial charge on any atom is 0.293 e. The predicted molar refractivity (Wildman–Crippen MR) is 149 cm³/mol. The summed E-state index contributed by atoms with van der Waals surface area (Å²) in [5, 5.41) is 0.995. The first-order valence-corrected chi connectivity index (χ1v) is 13.5. The van der Waals surface area contributed by atoms with E-state index in [9.17, 15) is 9.59 Å². The van der Waals surface area contributed by atoms with Crippen LogP contribution in [0.4, 0.5) is 4.79 Å². The highest BCUT2D eigenvalue weighted by atomic mass is 79.9. The van der Waals surface area contributed by atoms with E-state index in [1.165, 1.54) is 0 Å². The molecule has 0 aromatic heterocycles. The van der Waals surface area contributed by atoms with Crippen molar-refractivity contribution < 1.29 is 19.1 Å². The van der Waals surface area contributed by atoms with E-state index >= 15 is 0 Å². The van der Waals surface area contributed by atoms with Crippen molar-refractivity contribution in [3.8, 4) is 11.5 Å². The third-order valence-electron chi connectivity index (χ3n) is 5.21. The van der Waals surface area contributed by atoms with Gasteiger partial charge in [0.15, 0.2) is 11.5 Å². The third kappa shape index (κ3) is 6.03. The van der Waals surface area contributed by atoms with Gasteiger partial charge in [-0.25, -0.2) is 0 Å². The number of amides is 2. The van der Waals surface area contributed by atoms with E-state index < -0.39 is 11.1 Å². The lowest BCUT2D eigenvalue weighted by molar-refractivity contribution is -0.123. The van der Waals surface area contributed by atoms with E-state index in [-0.39, 0.29) is 18.1 Å². The van der Waals surface area contributed by atoms with Crippen molar-refractivity contribution in [3.63, 3.8) is 0 Å². The number of nitrogens with zero attached hydrogens (tertiary/aromatic N) is 1. The van der Waals surface area contributed by atoms with Crippen molar-refractivity contribution in [1.82, 2.24) is 4.90 Å². The van der Waals surface area contributed by atoms with Gasteiger partial charge in [-0.2, -0.15) is 0 Å². The summed E-state index contributed by atoms with van der Waals surface area (Å²) in [5.74, 6) is 0.580. The average molecular weight is 628 g/mol. The monoisotopic (exact) mass is 625 g/mol. The fourth-order valence-corrected chi connectivity index (χ4v) is 5.59. The fourth-order valence-electron chi connectivity index (χ4n) is 3.47. The molecule has 1 saturated heterocycles. The van der Waals surface area contributed by atoms with Crippen LogP contribution in [0.1, 0.15) is 23.6 Å². The van der Waals surface area contributed by atoms with Crippen LogP contribution in [0.25, 0.3) is 6.08 Å². The lowest BCUT2D eigenvalue weighted by atomic mass is 10.1. The molecular weight excluding hydrogens is 609 g/mol. The van der Waals surface area contributed by atoms with Crippen LogP contribution in [0.3, 0.4) is 0 Å². The lowest BCUT2D eigenvalue weighted by Crippen LogP contribution is -2.27. The van der Waals surface area contributed by atoms with E-state index in [1.54, 1.807) is 42.5 Å². The highest BCUT2D eigenvalue weighted by molar-refractivity contribution is 9.10. The summed E-state index contributed by atoms with van der Waals surface area (Å²) in [4.78, 5) is 27.1. The molecule has 1 fully saturated rings. The Hall–Kier alpha value is -2.16. The topological polar surface area (TPSA) is 55.8 Å². The second-order valence-electron chi connectivity index (χ2n) is 7.61. The normalized spacial score (nSPS) is 14.6. The molecule has 36 heavy (non-hydrogen) atoms. The van der Waals surface area contributed by atoms with E-state index in [0.717, 1.165) is 22.2 Å². The van der Waals surface area contributed by atoms with Gasteiger partial charge in [0.05, 0.1) is 22.5 Å². The second-order valence-corrected chi connectivity index (χ2v) is 10.7. The molecule has 0 bridgehead atoms. The largest absolute Gasteiger partial charge is 0.490 e. The Morgan fingerprint density at radius 3 is 2.36 bits per heavy atom. The Morgan fingerprint density at radius 2 is 1.67 bits per heavy atom. The molecule has 1 heterocycles. The minimum Gasteiger partial charge on any atom is -0.490 e. The number of benzene rings is 3. The van der Waals surface area contributed by atoms with Crippen LogP contribution in [-0.4, -0.2) is 22.7 Å². The molecule has 0 N–H and O–H groups in total. The van der Waals surface area contributed by atoms with Gasteiger partial charge in [0.2, 0.25) is 0 Å².